The molecule has 0 atom stereocenters. The summed E-state index contributed by atoms with van der Waals surface area (Å²) in [6.45, 7) is -0.411. The minimum Gasteiger partial charge on any atom is -0.324 e. The quantitative estimate of drug-likeness (QED) is 0.764. The molecule has 2 heterocycles. The summed E-state index contributed by atoms with van der Waals surface area (Å²) in [5, 5.41) is 12.0. The van der Waals surface area contributed by atoms with Crippen LogP contribution in [-0.2, 0) is 17.5 Å². The number of tetrazole rings is 1. The molecule has 130 valence electrons. The van der Waals surface area contributed by atoms with Gasteiger partial charge >= 0.3 is 11.9 Å². The average molecular weight is 369 g/mol. The Morgan fingerprint density at radius 3 is 2.48 bits per heavy atom. The predicted molar refractivity (Wildman–Crippen MR) is 83.6 cm³/mol. The molecule has 3 rings (SSSR count). The number of nitrogens with zero attached hydrogens (tertiary/aromatic N) is 4. The summed E-state index contributed by atoms with van der Waals surface area (Å²) in [6, 6.07) is 7.39. The van der Waals surface area contributed by atoms with E-state index in [4.69, 9.17) is 0 Å². The number of anilines is 1. The Bertz CT molecular complexity index is 929. The van der Waals surface area contributed by atoms with Crippen molar-refractivity contribution in [1.82, 2.24) is 19.8 Å². The summed E-state index contributed by atoms with van der Waals surface area (Å²) >= 11 is 1.28. The van der Waals surface area contributed by atoms with Gasteiger partial charge in [-0.25, -0.2) is 4.79 Å². The largest absolute Gasteiger partial charge is 0.416 e. The van der Waals surface area contributed by atoms with Gasteiger partial charge in [-0.15, -0.1) is 11.3 Å². The van der Waals surface area contributed by atoms with Crippen molar-refractivity contribution in [3.05, 3.63) is 57.8 Å². The molecule has 0 aliphatic heterocycles. The van der Waals surface area contributed by atoms with E-state index in [-0.39, 0.29) is 5.69 Å². The highest BCUT2D eigenvalue weighted by atomic mass is 32.1. The van der Waals surface area contributed by atoms with Crippen LogP contribution in [0.2, 0.25) is 0 Å². The summed E-state index contributed by atoms with van der Waals surface area (Å²) in [4.78, 5) is 24.1. The Morgan fingerprint density at radius 1 is 1.16 bits per heavy atom. The van der Waals surface area contributed by atoms with E-state index in [0.717, 1.165) is 33.6 Å². The maximum atomic E-state index is 12.5. The molecule has 0 radical (unpaired) electrons. The van der Waals surface area contributed by atoms with E-state index in [2.05, 4.69) is 15.7 Å². The molecular weight excluding hydrogens is 359 g/mol. The Morgan fingerprint density at radius 2 is 1.88 bits per heavy atom. The monoisotopic (exact) mass is 369 g/mol. The van der Waals surface area contributed by atoms with Crippen LogP contribution in [0.5, 0.6) is 0 Å². The number of hydrogen-bond acceptors (Lipinski definition) is 5. The van der Waals surface area contributed by atoms with E-state index in [0.29, 0.717) is 5.00 Å². The molecule has 2 aromatic heterocycles. The number of aromatic nitrogens is 4. The maximum absolute atomic E-state index is 12.5. The SMILES string of the molecule is O=C(Cn1nnn(-c2cccs2)c1=O)Nc1ccc(C(F)(F)F)cc1. The van der Waals surface area contributed by atoms with Crippen LogP contribution in [0.25, 0.3) is 5.00 Å². The summed E-state index contributed by atoms with van der Waals surface area (Å²) in [7, 11) is 0. The normalized spacial score (nSPS) is 11.5. The van der Waals surface area contributed by atoms with Crippen LogP contribution in [0.15, 0.2) is 46.6 Å². The summed E-state index contributed by atoms with van der Waals surface area (Å²) in [5.41, 5.74) is -1.23. The van der Waals surface area contributed by atoms with Gasteiger partial charge in [0.1, 0.15) is 11.5 Å². The Hall–Kier alpha value is -2.95. The highest BCUT2D eigenvalue weighted by Gasteiger charge is 2.30. The number of benzene rings is 1. The van der Waals surface area contributed by atoms with Gasteiger partial charge in [-0.3, -0.25) is 4.79 Å². The zero-order valence-corrected chi connectivity index (χ0v) is 13.2. The molecular formula is C14H10F3N5O2S. The molecule has 0 unspecified atom stereocenters. The molecule has 0 fully saturated rings. The molecule has 1 amide bonds. The lowest BCUT2D eigenvalue weighted by Gasteiger charge is -2.08. The van der Waals surface area contributed by atoms with Crippen molar-refractivity contribution in [2.45, 2.75) is 12.7 Å². The molecule has 1 N–H and O–H groups in total. The van der Waals surface area contributed by atoms with Gasteiger partial charge in [-0.2, -0.15) is 22.5 Å². The number of halogens is 3. The van der Waals surface area contributed by atoms with Crippen molar-refractivity contribution in [2.24, 2.45) is 0 Å². The van der Waals surface area contributed by atoms with E-state index in [1.54, 1.807) is 17.5 Å². The molecule has 0 aliphatic rings. The number of thiophene rings is 1. The van der Waals surface area contributed by atoms with Crippen molar-refractivity contribution in [2.75, 3.05) is 5.32 Å². The van der Waals surface area contributed by atoms with Crippen LogP contribution in [0.3, 0.4) is 0 Å². The molecule has 0 saturated heterocycles. The van der Waals surface area contributed by atoms with Crippen LogP contribution >= 0.6 is 11.3 Å². The first-order valence-electron chi connectivity index (χ1n) is 6.88. The first kappa shape index (κ1) is 16.9. The number of carbonyl (C=O) groups is 1. The summed E-state index contributed by atoms with van der Waals surface area (Å²) in [6.07, 6.45) is -4.45. The highest BCUT2D eigenvalue weighted by molar-refractivity contribution is 7.12. The highest BCUT2D eigenvalue weighted by Crippen LogP contribution is 2.29. The second-order valence-corrected chi connectivity index (χ2v) is 5.83. The third-order valence-corrected chi connectivity index (χ3v) is 3.99. The minimum atomic E-state index is -4.45. The van der Waals surface area contributed by atoms with Crippen LogP contribution < -0.4 is 11.0 Å². The van der Waals surface area contributed by atoms with Gasteiger partial charge in [0.2, 0.25) is 5.91 Å². The predicted octanol–water partition coefficient (Wildman–Crippen LogP) is 2.15. The van der Waals surface area contributed by atoms with Crippen molar-refractivity contribution in [1.29, 1.82) is 0 Å². The standard InChI is InChI=1S/C14H10F3N5O2S/c15-14(16,17)9-3-5-10(6-4-9)18-11(23)8-21-13(24)22(20-19-21)12-2-1-7-25-12/h1-7H,8H2,(H,18,23). The van der Waals surface area contributed by atoms with Gasteiger partial charge < -0.3 is 5.32 Å². The van der Waals surface area contributed by atoms with Crippen LogP contribution in [0.4, 0.5) is 18.9 Å². The number of alkyl halides is 3. The van der Waals surface area contributed by atoms with E-state index in [1.807, 2.05) is 0 Å². The van der Waals surface area contributed by atoms with Gasteiger partial charge in [0.25, 0.3) is 0 Å². The zero-order chi connectivity index (χ0) is 18.0. The Balaban J connectivity index is 1.68. The maximum Gasteiger partial charge on any atom is 0.416 e. The fraction of sp³-hybridized carbons (Fsp3) is 0.143. The number of amides is 1. The topological polar surface area (TPSA) is 81.8 Å². The van der Waals surface area contributed by atoms with Crippen molar-refractivity contribution in [3.63, 3.8) is 0 Å². The fourth-order valence-corrected chi connectivity index (χ4v) is 2.65. The molecule has 0 aliphatic carbocycles. The molecule has 0 bridgehead atoms. The van der Waals surface area contributed by atoms with Crippen LogP contribution in [0.1, 0.15) is 5.56 Å². The number of rotatable bonds is 4. The second-order valence-electron chi connectivity index (χ2n) is 4.91. The average Bonchev–Trinajstić information content (AvgIpc) is 3.18. The van der Waals surface area contributed by atoms with Crippen LogP contribution in [0, 0.1) is 0 Å². The number of nitrogens with one attached hydrogen (secondary N) is 1. The lowest BCUT2D eigenvalue weighted by atomic mass is 10.2. The van der Waals surface area contributed by atoms with Gasteiger partial charge in [0.15, 0.2) is 0 Å². The molecule has 0 spiro atoms. The smallest absolute Gasteiger partial charge is 0.324 e. The number of hydrogen-bond donors (Lipinski definition) is 1. The molecule has 0 saturated carbocycles. The summed E-state index contributed by atoms with van der Waals surface area (Å²) in [5.74, 6) is -0.611. The van der Waals surface area contributed by atoms with Gasteiger partial charge in [0, 0.05) is 5.69 Å². The molecule has 25 heavy (non-hydrogen) atoms. The van der Waals surface area contributed by atoms with Crippen molar-refractivity contribution >= 4 is 22.9 Å². The lowest BCUT2D eigenvalue weighted by Crippen LogP contribution is -2.29. The van der Waals surface area contributed by atoms with E-state index >= 15 is 0 Å². The lowest BCUT2D eigenvalue weighted by molar-refractivity contribution is -0.137. The van der Waals surface area contributed by atoms with Gasteiger partial charge in [-0.1, -0.05) is 0 Å². The van der Waals surface area contributed by atoms with E-state index in [1.165, 1.54) is 11.3 Å². The summed E-state index contributed by atoms with van der Waals surface area (Å²) < 4.78 is 39.4. The number of carbonyl (C=O) groups excluding carboxylic acids is 1. The zero-order valence-electron chi connectivity index (χ0n) is 12.4. The fourth-order valence-electron chi connectivity index (χ4n) is 1.98. The van der Waals surface area contributed by atoms with Gasteiger partial charge in [-0.05, 0) is 52.2 Å². The molecule has 1 aromatic carbocycles. The minimum absolute atomic E-state index is 0.177. The van der Waals surface area contributed by atoms with E-state index in [9.17, 15) is 22.8 Å². The first-order chi connectivity index (χ1) is 11.8. The second kappa shape index (κ2) is 6.51. The Kier molecular flexibility index (Phi) is 4.40. The molecule has 11 heteroatoms. The van der Waals surface area contributed by atoms with E-state index < -0.39 is 29.9 Å². The Labute approximate surface area is 142 Å². The van der Waals surface area contributed by atoms with Crippen molar-refractivity contribution in [3.8, 4) is 5.00 Å². The van der Waals surface area contributed by atoms with Crippen LogP contribution in [-0.4, -0.2) is 25.7 Å². The first-order valence-corrected chi connectivity index (χ1v) is 7.76. The molecule has 3 aromatic rings. The van der Waals surface area contributed by atoms with Crippen molar-refractivity contribution < 1.29 is 18.0 Å². The third kappa shape index (κ3) is 3.76. The van der Waals surface area contributed by atoms with Gasteiger partial charge in [0.05, 0.1) is 5.56 Å². The third-order valence-electron chi connectivity index (χ3n) is 3.14. The molecule has 7 nitrogen and oxygen atoms in total.